The van der Waals surface area contributed by atoms with Gasteiger partial charge in [-0.3, -0.25) is 4.79 Å². The van der Waals surface area contributed by atoms with Crippen molar-refractivity contribution in [2.75, 3.05) is 27.5 Å². The Morgan fingerprint density at radius 3 is 2.32 bits per heavy atom. The summed E-state index contributed by atoms with van der Waals surface area (Å²) in [5.41, 5.74) is 1.19. The lowest BCUT2D eigenvalue weighted by atomic mass is 10.1. The van der Waals surface area contributed by atoms with E-state index in [1.54, 1.807) is 45.5 Å². The molecular formula is C18H21NO5S. The molecule has 2 aromatic rings. The number of amides is 1. The topological polar surface area (TPSA) is 72.9 Å². The maximum absolute atomic E-state index is 12.6. The van der Waals surface area contributed by atoms with E-state index in [2.05, 4.69) is 0 Å². The van der Waals surface area contributed by atoms with Gasteiger partial charge in [0.15, 0.2) is 21.3 Å². The van der Waals surface area contributed by atoms with Crippen LogP contribution < -0.4 is 9.47 Å². The number of hydrogen-bond donors (Lipinski definition) is 0. The maximum Gasteiger partial charge on any atom is 0.253 e. The molecule has 0 unspecified atom stereocenters. The molecule has 2 aromatic carbocycles. The first-order valence-corrected chi connectivity index (χ1v) is 9.42. The summed E-state index contributed by atoms with van der Waals surface area (Å²) in [6.45, 7) is 0.349. The Morgan fingerprint density at radius 1 is 1.04 bits per heavy atom. The van der Waals surface area contributed by atoms with Gasteiger partial charge < -0.3 is 14.4 Å². The second-order valence-corrected chi connectivity index (χ2v) is 7.67. The summed E-state index contributed by atoms with van der Waals surface area (Å²) in [6, 6.07) is 11.4. The normalized spacial score (nSPS) is 11.0. The maximum atomic E-state index is 12.6. The van der Waals surface area contributed by atoms with Crippen molar-refractivity contribution >= 4 is 15.7 Å². The van der Waals surface area contributed by atoms with Gasteiger partial charge in [0.2, 0.25) is 0 Å². The summed E-state index contributed by atoms with van der Waals surface area (Å²) in [4.78, 5) is 14.2. The molecule has 7 heteroatoms. The summed E-state index contributed by atoms with van der Waals surface area (Å²) >= 11 is 0. The number of methoxy groups -OCH3 is 2. The lowest BCUT2D eigenvalue weighted by molar-refractivity contribution is 0.0784. The van der Waals surface area contributed by atoms with E-state index in [-0.39, 0.29) is 10.8 Å². The van der Waals surface area contributed by atoms with Crippen molar-refractivity contribution in [2.24, 2.45) is 0 Å². The molecule has 0 bridgehead atoms. The van der Waals surface area contributed by atoms with Gasteiger partial charge in [0.1, 0.15) is 0 Å². The zero-order valence-electron chi connectivity index (χ0n) is 14.6. The number of carbonyl (C=O) groups is 1. The summed E-state index contributed by atoms with van der Waals surface area (Å²) in [5.74, 6) is 0.932. The third kappa shape index (κ3) is 4.51. The van der Waals surface area contributed by atoms with Crippen LogP contribution in [0.2, 0.25) is 0 Å². The first-order valence-electron chi connectivity index (χ1n) is 7.52. The average molecular weight is 363 g/mol. The first kappa shape index (κ1) is 18.8. The second-order valence-electron chi connectivity index (χ2n) is 5.65. The molecule has 25 heavy (non-hydrogen) atoms. The summed E-state index contributed by atoms with van der Waals surface area (Å²) in [7, 11) is 1.40. The Bertz CT molecular complexity index is 877. The number of hydrogen-bond acceptors (Lipinski definition) is 5. The highest BCUT2D eigenvalue weighted by atomic mass is 32.2. The highest BCUT2D eigenvalue weighted by Gasteiger charge is 2.16. The molecule has 6 nitrogen and oxygen atoms in total. The molecule has 0 atom stereocenters. The molecule has 0 fully saturated rings. The van der Waals surface area contributed by atoms with Crippen molar-refractivity contribution < 1.29 is 22.7 Å². The third-order valence-corrected chi connectivity index (χ3v) is 4.83. The molecule has 0 aliphatic heterocycles. The molecule has 134 valence electrons. The standard InChI is InChI=1S/C18H21NO5S/c1-19(12-13-8-9-16(23-2)17(10-13)24-3)18(20)14-6-5-7-15(11-14)25(4,21)22/h5-11H,12H2,1-4H3. The van der Waals surface area contributed by atoms with Gasteiger partial charge in [0.05, 0.1) is 19.1 Å². The number of sulfone groups is 1. The molecule has 0 saturated carbocycles. The van der Waals surface area contributed by atoms with Crippen LogP contribution in [0.1, 0.15) is 15.9 Å². The molecule has 0 heterocycles. The van der Waals surface area contributed by atoms with Gasteiger partial charge in [-0.15, -0.1) is 0 Å². The number of benzene rings is 2. The fourth-order valence-corrected chi connectivity index (χ4v) is 3.07. The van der Waals surface area contributed by atoms with E-state index in [9.17, 15) is 13.2 Å². The summed E-state index contributed by atoms with van der Waals surface area (Å²) in [5, 5.41) is 0. The minimum absolute atomic E-state index is 0.123. The molecule has 0 aliphatic rings. The number of rotatable bonds is 6. The Labute approximate surface area is 147 Å². The van der Waals surface area contributed by atoms with Crippen LogP contribution in [0.3, 0.4) is 0 Å². The first-order chi connectivity index (χ1) is 11.8. The Morgan fingerprint density at radius 2 is 1.72 bits per heavy atom. The van der Waals surface area contributed by atoms with Crippen LogP contribution in [0.4, 0.5) is 0 Å². The van der Waals surface area contributed by atoms with E-state index < -0.39 is 9.84 Å². The Balaban J connectivity index is 2.21. The van der Waals surface area contributed by atoms with Gasteiger partial charge in [-0.05, 0) is 35.9 Å². The second kappa shape index (κ2) is 7.57. The van der Waals surface area contributed by atoms with Crippen LogP contribution in [0.5, 0.6) is 11.5 Å². The highest BCUT2D eigenvalue weighted by molar-refractivity contribution is 7.90. The fourth-order valence-electron chi connectivity index (χ4n) is 2.40. The Hall–Kier alpha value is -2.54. The molecule has 0 saturated heterocycles. The van der Waals surface area contributed by atoms with E-state index in [4.69, 9.17) is 9.47 Å². The predicted octanol–water partition coefficient (Wildman–Crippen LogP) is 2.38. The third-order valence-electron chi connectivity index (χ3n) is 3.72. The van der Waals surface area contributed by atoms with E-state index in [0.29, 0.717) is 23.6 Å². The SMILES string of the molecule is COc1ccc(CN(C)C(=O)c2cccc(S(C)(=O)=O)c2)cc1OC. The van der Waals surface area contributed by atoms with Crippen molar-refractivity contribution in [3.05, 3.63) is 53.6 Å². The summed E-state index contributed by atoms with van der Waals surface area (Å²) < 4.78 is 33.8. The number of nitrogens with zero attached hydrogens (tertiary/aromatic N) is 1. The van der Waals surface area contributed by atoms with E-state index in [1.807, 2.05) is 6.07 Å². The van der Waals surface area contributed by atoms with Crippen LogP contribution in [-0.4, -0.2) is 46.7 Å². The van der Waals surface area contributed by atoms with E-state index >= 15 is 0 Å². The zero-order chi connectivity index (χ0) is 18.6. The smallest absolute Gasteiger partial charge is 0.253 e. The zero-order valence-corrected chi connectivity index (χ0v) is 15.5. The van der Waals surface area contributed by atoms with Gasteiger partial charge in [-0.2, -0.15) is 0 Å². The van der Waals surface area contributed by atoms with Crippen LogP contribution in [0.25, 0.3) is 0 Å². The number of carbonyl (C=O) groups excluding carboxylic acids is 1. The molecular weight excluding hydrogens is 342 g/mol. The minimum Gasteiger partial charge on any atom is -0.493 e. The van der Waals surface area contributed by atoms with Gasteiger partial charge in [0, 0.05) is 25.4 Å². The highest BCUT2D eigenvalue weighted by Crippen LogP contribution is 2.28. The summed E-state index contributed by atoms with van der Waals surface area (Å²) in [6.07, 6.45) is 1.12. The molecule has 2 rings (SSSR count). The van der Waals surface area contributed by atoms with Gasteiger partial charge in [0.25, 0.3) is 5.91 Å². The molecule has 0 radical (unpaired) electrons. The van der Waals surface area contributed by atoms with E-state index in [0.717, 1.165) is 11.8 Å². The van der Waals surface area contributed by atoms with Crippen LogP contribution >= 0.6 is 0 Å². The van der Waals surface area contributed by atoms with Crippen molar-refractivity contribution in [1.82, 2.24) is 4.90 Å². The fraction of sp³-hybridized carbons (Fsp3) is 0.278. The lowest BCUT2D eigenvalue weighted by Crippen LogP contribution is -2.26. The van der Waals surface area contributed by atoms with Gasteiger partial charge >= 0.3 is 0 Å². The van der Waals surface area contributed by atoms with Crippen molar-refractivity contribution in [2.45, 2.75) is 11.4 Å². The predicted molar refractivity (Wildman–Crippen MR) is 94.9 cm³/mol. The van der Waals surface area contributed by atoms with Crippen molar-refractivity contribution in [1.29, 1.82) is 0 Å². The van der Waals surface area contributed by atoms with E-state index in [1.165, 1.54) is 17.0 Å². The lowest BCUT2D eigenvalue weighted by Gasteiger charge is -2.18. The molecule has 1 amide bonds. The van der Waals surface area contributed by atoms with Crippen LogP contribution in [0, 0.1) is 0 Å². The van der Waals surface area contributed by atoms with Gasteiger partial charge in [-0.25, -0.2) is 8.42 Å². The van der Waals surface area contributed by atoms with Crippen molar-refractivity contribution in [3.8, 4) is 11.5 Å². The van der Waals surface area contributed by atoms with Gasteiger partial charge in [-0.1, -0.05) is 12.1 Å². The number of ether oxygens (including phenoxy) is 2. The average Bonchev–Trinajstić information content (AvgIpc) is 2.60. The molecule has 0 aliphatic carbocycles. The molecule has 0 N–H and O–H groups in total. The monoisotopic (exact) mass is 363 g/mol. The van der Waals surface area contributed by atoms with Crippen LogP contribution in [-0.2, 0) is 16.4 Å². The largest absolute Gasteiger partial charge is 0.493 e. The quantitative estimate of drug-likeness (QED) is 0.788. The minimum atomic E-state index is -3.36. The molecule has 0 spiro atoms. The molecule has 0 aromatic heterocycles. The van der Waals surface area contributed by atoms with Crippen LogP contribution in [0.15, 0.2) is 47.4 Å². The van der Waals surface area contributed by atoms with Crippen molar-refractivity contribution in [3.63, 3.8) is 0 Å². The Kier molecular flexibility index (Phi) is 5.69.